The number of hydrogen-bond acceptors (Lipinski definition) is 4. The van der Waals surface area contributed by atoms with Gasteiger partial charge in [-0.2, -0.15) is 8.42 Å². The second-order valence-corrected chi connectivity index (χ2v) is 9.73. The van der Waals surface area contributed by atoms with Crippen LogP contribution in [-0.2, 0) is 23.0 Å². The Labute approximate surface area is 187 Å². The predicted octanol–water partition coefficient (Wildman–Crippen LogP) is 4.27. The molecule has 3 aromatic rings. The summed E-state index contributed by atoms with van der Waals surface area (Å²) in [5, 5.41) is 5.24. The Morgan fingerprint density at radius 3 is 2.61 bits per heavy atom. The van der Waals surface area contributed by atoms with E-state index in [9.17, 15) is 13.2 Å². The highest BCUT2D eigenvalue weighted by atomic mass is 35.5. The van der Waals surface area contributed by atoms with E-state index >= 15 is 0 Å². The van der Waals surface area contributed by atoms with Gasteiger partial charge in [-0.15, -0.1) is 0 Å². The number of rotatable bonds is 5. The molecule has 0 saturated heterocycles. The monoisotopic (exact) mass is 462 g/mol. The lowest BCUT2D eigenvalue weighted by molar-refractivity contribution is 0.103. The SMILES string of the molecule is CCNCC1CCc2[nH]c3ccc(C(=O)c4cccc(Cl)c4)cc3c2C1.CS(=O)(=O)O. The Bertz CT molecular complexity index is 1180. The van der Waals surface area contributed by atoms with E-state index in [0.29, 0.717) is 22.8 Å². The maximum absolute atomic E-state index is 12.9. The first-order chi connectivity index (χ1) is 14.7. The van der Waals surface area contributed by atoms with Gasteiger partial charge in [-0.1, -0.05) is 30.7 Å². The molecule has 3 N–H and O–H groups in total. The van der Waals surface area contributed by atoms with Crippen LogP contribution < -0.4 is 5.32 Å². The Kier molecular flexibility index (Phi) is 7.54. The molecule has 4 rings (SSSR count). The molecule has 0 fully saturated rings. The van der Waals surface area contributed by atoms with Crippen LogP contribution in [-0.4, -0.2) is 43.1 Å². The summed E-state index contributed by atoms with van der Waals surface area (Å²) in [6.45, 7) is 4.22. The maximum atomic E-state index is 12.9. The number of aryl methyl sites for hydroxylation is 1. The molecule has 1 unspecified atom stereocenters. The fraction of sp³-hybridized carbons (Fsp3) is 0.348. The summed E-state index contributed by atoms with van der Waals surface area (Å²) in [6.07, 6.45) is 4.07. The van der Waals surface area contributed by atoms with Gasteiger partial charge in [0.05, 0.1) is 6.26 Å². The number of benzene rings is 2. The van der Waals surface area contributed by atoms with Crippen molar-refractivity contribution in [3.63, 3.8) is 0 Å². The standard InChI is InChI=1S/C22H23ClN2O.CH4O3S/c1-2-24-13-14-6-8-20-18(10-14)19-12-16(7-9-21(19)25-20)22(26)15-4-3-5-17(23)11-15;1-5(2,3)4/h3-5,7,9,11-12,14,24-25H,2,6,8,10,13H2,1H3;1H3,(H,2,3,4). The van der Waals surface area contributed by atoms with E-state index in [4.69, 9.17) is 16.2 Å². The normalized spacial score (nSPS) is 15.8. The summed E-state index contributed by atoms with van der Waals surface area (Å²) in [7, 11) is -3.67. The molecule has 0 radical (unpaired) electrons. The average Bonchev–Trinajstić information content (AvgIpc) is 3.07. The van der Waals surface area contributed by atoms with Crippen LogP contribution in [0.5, 0.6) is 0 Å². The molecule has 6 nitrogen and oxygen atoms in total. The Morgan fingerprint density at radius 2 is 1.94 bits per heavy atom. The van der Waals surface area contributed by atoms with Gasteiger partial charge in [0.2, 0.25) is 0 Å². The fourth-order valence-electron chi connectivity index (χ4n) is 3.95. The molecule has 0 spiro atoms. The van der Waals surface area contributed by atoms with Crippen molar-refractivity contribution in [2.75, 3.05) is 19.3 Å². The Morgan fingerprint density at radius 1 is 1.23 bits per heavy atom. The molecule has 0 bridgehead atoms. The summed E-state index contributed by atoms with van der Waals surface area (Å²) in [5.74, 6) is 0.679. The van der Waals surface area contributed by atoms with Crippen LogP contribution in [0.15, 0.2) is 42.5 Å². The quantitative estimate of drug-likeness (QED) is 0.388. The summed E-state index contributed by atoms with van der Waals surface area (Å²) < 4.78 is 25.9. The zero-order valence-electron chi connectivity index (χ0n) is 17.6. The third-order valence-electron chi connectivity index (χ3n) is 5.32. The highest BCUT2D eigenvalue weighted by Crippen LogP contribution is 2.32. The fourth-order valence-corrected chi connectivity index (χ4v) is 4.14. The van der Waals surface area contributed by atoms with Crippen molar-refractivity contribution in [3.8, 4) is 0 Å². The van der Waals surface area contributed by atoms with Crippen LogP contribution in [0.2, 0.25) is 5.02 Å². The third kappa shape index (κ3) is 6.40. The minimum Gasteiger partial charge on any atom is -0.358 e. The van der Waals surface area contributed by atoms with E-state index in [1.165, 1.54) is 23.1 Å². The molecule has 0 saturated carbocycles. The summed E-state index contributed by atoms with van der Waals surface area (Å²) in [6, 6.07) is 13.1. The topological polar surface area (TPSA) is 99.3 Å². The van der Waals surface area contributed by atoms with Crippen LogP contribution in [0.1, 0.15) is 40.5 Å². The third-order valence-corrected chi connectivity index (χ3v) is 5.56. The number of carbonyl (C=O) groups excluding carboxylic acids is 1. The van der Waals surface area contributed by atoms with Crippen LogP contribution in [0.25, 0.3) is 10.9 Å². The van der Waals surface area contributed by atoms with E-state index in [0.717, 1.165) is 37.0 Å². The zero-order chi connectivity index (χ0) is 22.6. The van der Waals surface area contributed by atoms with Gasteiger partial charge in [-0.25, -0.2) is 0 Å². The van der Waals surface area contributed by atoms with Gasteiger partial charge in [0.15, 0.2) is 5.78 Å². The van der Waals surface area contributed by atoms with Gasteiger partial charge in [0, 0.05) is 32.7 Å². The number of carbonyl (C=O) groups is 1. The van der Waals surface area contributed by atoms with Crippen molar-refractivity contribution in [3.05, 3.63) is 69.9 Å². The summed E-state index contributed by atoms with van der Waals surface area (Å²) in [4.78, 5) is 16.4. The second kappa shape index (κ2) is 9.96. The van der Waals surface area contributed by atoms with Gasteiger partial charge >= 0.3 is 0 Å². The molecule has 166 valence electrons. The molecule has 1 aliphatic carbocycles. The number of halogens is 1. The Balaban J connectivity index is 0.000000491. The van der Waals surface area contributed by atoms with Crippen LogP contribution >= 0.6 is 11.6 Å². The Hall–Kier alpha value is -2.19. The smallest absolute Gasteiger partial charge is 0.261 e. The number of H-pyrrole nitrogens is 1. The first-order valence-corrected chi connectivity index (χ1v) is 12.4. The van der Waals surface area contributed by atoms with Gasteiger partial charge in [-0.05, 0) is 74.2 Å². The molecule has 8 heteroatoms. The van der Waals surface area contributed by atoms with E-state index in [1.54, 1.807) is 12.1 Å². The lowest BCUT2D eigenvalue weighted by Gasteiger charge is -2.22. The second-order valence-electron chi connectivity index (χ2n) is 7.83. The molecule has 0 aliphatic heterocycles. The van der Waals surface area contributed by atoms with Gasteiger partial charge < -0.3 is 10.3 Å². The van der Waals surface area contributed by atoms with Gasteiger partial charge in [0.25, 0.3) is 10.1 Å². The van der Waals surface area contributed by atoms with E-state index in [-0.39, 0.29) is 5.78 Å². The maximum Gasteiger partial charge on any atom is 0.261 e. The molecule has 1 aromatic heterocycles. The number of aromatic amines is 1. The van der Waals surface area contributed by atoms with Crippen molar-refractivity contribution in [2.45, 2.75) is 26.2 Å². The minimum atomic E-state index is -3.67. The molecule has 1 heterocycles. The van der Waals surface area contributed by atoms with E-state index < -0.39 is 10.1 Å². The molecule has 31 heavy (non-hydrogen) atoms. The number of ketones is 1. The van der Waals surface area contributed by atoms with Crippen molar-refractivity contribution >= 4 is 38.4 Å². The number of aromatic nitrogens is 1. The first kappa shape index (κ1) is 23.5. The minimum absolute atomic E-state index is 0.0179. The van der Waals surface area contributed by atoms with Crippen LogP contribution in [0.3, 0.4) is 0 Å². The van der Waals surface area contributed by atoms with Crippen LogP contribution in [0, 0.1) is 5.92 Å². The predicted molar refractivity (Wildman–Crippen MR) is 125 cm³/mol. The summed E-state index contributed by atoms with van der Waals surface area (Å²) in [5.41, 5.74) is 5.19. The van der Waals surface area contributed by atoms with E-state index in [2.05, 4.69) is 17.2 Å². The molecule has 1 atom stereocenters. The molecular weight excluding hydrogens is 436 g/mol. The first-order valence-electron chi connectivity index (χ1n) is 10.2. The van der Waals surface area contributed by atoms with Crippen LogP contribution in [0.4, 0.5) is 0 Å². The molecule has 2 aromatic carbocycles. The number of hydrogen-bond donors (Lipinski definition) is 3. The lowest BCUT2D eigenvalue weighted by atomic mass is 9.86. The average molecular weight is 463 g/mol. The number of nitrogens with one attached hydrogen (secondary N) is 2. The van der Waals surface area contributed by atoms with Gasteiger partial charge in [0.1, 0.15) is 0 Å². The van der Waals surface area contributed by atoms with Gasteiger partial charge in [-0.3, -0.25) is 9.35 Å². The highest BCUT2D eigenvalue weighted by molar-refractivity contribution is 7.85. The molecular formula is C23H27ClN2O4S. The lowest BCUT2D eigenvalue weighted by Crippen LogP contribution is -2.26. The van der Waals surface area contributed by atoms with Crippen molar-refractivity contribution in [1.29, 1.82) is 0 Å². The molecule has 1 aliphatic rings. The highest BCUT2D eigenvalue weighted by Gasteiger charge is 2.23. The largest absolute Gasteiger partial charge is 0.358 e. The molecule has 0 amide bonds. The summed E-state index contributed by atoms with van der Waals surface area (Å²) >= 11 is 6.04. The van der Waals surface area contributed by atoms with Crippen molar-refractivity contribution in [1.82, 2.24) is 10.3 Å². The van der Waals surface area contributed by atoms with Crippen molar-refractivity contribution in [2.24, 2.45) is 5.92 Å². The number of fused-ring (bicyclic) bond motifs is 3. The van der Waals surface area contributed by atoms with Crippen molar-refractivity contribution < 1.29 is 17.8 Å². The zero-order valence-corrected chi connectivity index (χ0v) is 19.2. The van der Waals surface area contributed by atoms with E-state index in [1.807, 2.05) is 30.3 Å².